The van der Waals surface area contributed by atoms with Crippen molar-refractivity contribution in [1.82, 2.24) is 0 Å². The third-order valence-electron chi connectivity index (χ3n) is 3.17. The zero-order valence-corrected chi connectivity index (χ0v) is 8.66. The van der Waals surface area contributed by atoms with Gasteiger partial charge in [-0.25, -0.2) is 0 Å². The van der Waals surface area contributed by atoms with Crippen molar-refractivity contribution < 1.29 is 14.6 Å². The normalized spacial score (nSPS) is 38.7. The van der Waals surface area contributed by atoms with Gasteiger partial charge in [-0.05, 0) is 18.9 Å². The van der Waals surface area contributed by atoms with Crippen LogP contribution in [0.3, 0.4) is 0 Å². The molecule has 0 radical (unpaired) electrons. The number of allylic oxidation sites excluding steroid dienone is 1. The molecule has 0 aromatic rings. The van der Waals surface area contributed by atoms with Gasteiger partial charge in [0.05, 0.1) is 13.2 Å². The zero-order chi connectivity index (χ0) is 10.0. The van der Waals surface area contributed by atoms with Crippen LogP contribution in [0, 0.1) is 5.92 Å². The van der Waals surface area contributed by atoms with Gasteiger partial charge in [-0.15, -0.1) is 0 Å². The Morgan fingerprint density at radius 1 is 1.50 bits per heavy atom. The van der Waals surface area contributed by atoms with E-state index >= 15 is 0 Å². The molecule has 0 spiro atoms. The Hall–Kier alpha value is -0.540. The predicted octanol–water partition coefficient (Wildman–Crippen LogP) is 1.47. The van der Waals surface area contributed by atoms with Crippen LogP contribution in [0.25, 0.3) is 0 Å². The van der Waals surface area contributed by atoms with Gasteiger partial charge in [0.2, 0.25) is 0 Å². The van der Waals surface area contributed by atoms with E-state index in [9.17, 15) is 5.11 Å². The van der Waals surface area contributed by atoms with E-state index in [1.54, 1.807) is 0 Å². The van der Waals surface area contributed by atoms with Crippen LogP contribution in [0.4, 0.5) is 0 Å². The molecular weight excluding hydrogens is 180 g/mol. The summed E-state index contributed by atoms with van der Waals surface area (Å²) in [7, 11) is 0. The van der Waals surface area contributed by atoms with Gasteiger partial charge in [0.25, 0.3) is 0 Å². The number of aliphatic hydroxyl groups is 1. The number of hydrogen-bond acceptors (Lipinski definition) is 3. The van der Waals surface area contributed by atoms with Crippen molar-refractivity contribution in [3.8, 4) is 0 Å². The largest absolute Gasteiger partial charge is 0.495 e. The van der Waals surface area contributed by atoms with Crippen LogP contribution in [-0.2, 0) is 9.47 Å². The van der Waals surface area contributed by atoms with E-state index in [0.717, 1.165) is 25.2 Å². The second-order valence-corrected chi connectivity index (χ2v) is 4.21. The summed E-state index contributed by atoms with van der Waals surface area (Å²) in [5.74, 6) is 0.903. The lowest BCUT2D eigenvalue weighted by molar-refractivity contribution is -0.111. The summed E-state index contributed by atoms with van der Waals surface area (Å²) >= 11 is 0. The van der Waals surface area contributed by atoms with Gasteiger partial charge in [0.1, 0.15) is 11.4 Å². The van der Waals surface area contributed by atoms with Crippen molar-refractivity contribution >= 4 is 0 Å². The first kappa shape index (κ1) is 9.99. The molecule has 0 bridgehead atoms. The molecule has 2 heterocycles. The summed E-state index contributed by atoms with van der Waals surface area (Å²) in [4.78, 5) is 0. The maximum atomic E-state index is 10.5. The molecular formula is C11H18O3. The van der Waals surface area contributed by atoms with Gasteiger partial charge in [-0.1, -0.05) is 6.92 Å². The molecule has 0 saturated carbocycles. The Morgan fingerprint density at radius 2 is 2.36 bits per heavy atom. The molecule has 2 unspecified atom stereocenters. The highest BCUT2D eigenvalue weighted by Gasteiger charge is 2.42. The second-order valence-electron chi connectivity index (χ2n) is 4.21. The molecule has 2 aliphatic heterocycles. The van der Waals surface area contributed by atoms with Crippen molar-refractivity contribution in [1.29, 1.82) is 0 Å². The average molecular weight is 198 g/mol. The van der Waals surface area contributed by atoms with E-state index in [1.165, 1.54) is 0 Å². The van der Waals surface area contributed by atoms with Gasteiger partial charge in [0.15, 0.2) is 0 Å². The van der Waals surface area contributed by atoms with Crippen molar-refractivity contribution in [3.05, 3.63) is 11.8 Å². The molecule has 2 atom stereocenters. The molecule has 80 valence electrons. The smallest absolute Gasteiger partial charge is 0.128 e. The monoisotopic (exact) mass is 198 g/mol. The van der Waals surface area contributed by atoms with Crippen LogP contribution in [-0.4, -0.2) is 30.5 Å². The van der Waals surface area contributed by atoms with E-state index in [4.69, 9.17) is 9.47 Å². The summed E-state index contributed by atoms with van der Waals surface area (Å²) < 4.78 is 10.9. The fourth-order valence-electron chi connectivity index (χ4n) is 2.10. The van der Waals surface area contributed by atoms with Crippen LogP contribution in [0.5, 0.6) is 0 Å². The maximum absolute atomic E-state index is 10.5. The van der Waals surface area contributed by atoms with Crippen LogP contribution >= 0.6 is 0 Å². The number of hydrogen-bond donors (Lipinski definition) is 1. The SMILES string of the molecule is CC1COCCC1(O)C1=CCCCO1. The van der Waals surface area contributed by atoms with Crippen molar-refractivity contribution in [3.63, 3.8) is 0 Å². The maximum Gasteiger partial charge on any atom is 0.128 e. The molecule has 14 heavy (non-hydrogen) atoms. The van der Waals surface area contributed by atoms with Crippen LogP contribution in [0.15, 0.2) is 11.8 Å². The first-order chi connectivity index (χ1) is 6.73. The topological polar surface area (TPSA) is 38.7 Å². The van der Waals surface area contributed by atoms with Gasteiger partial charge in [-0.2, -0.15) is 0 Å². The molecule has 3 heteroatoms. The summed E-state index contributed by atoms with van der Waals surface area (Å²) in [6.45, 7) is 4.00. The quantitative estimate of drug-likeness (QED) is 0.693. The van der Waals surface area contributed by atoms with Crippen LogP contribution in [0.1, 0.15) is 26.2 Å². The van der Waals surface area contributed by atoms with E-state index < -0.39 is 5.60 Å². The van der Waals surface area contributed by atoms with E-state index in [0.29, 0.717) is 19.6 Å². The first-order valence-corrected chi connectivity index (χ1v) is 5.37. The highest BCUT2D eigenvalue weighted by atomic mass is 16.5. The van der Waals surface area contributed by atoms with E-state index in [1.807, 2.05) is 13.0 Å². The summed E-state index contributed by atoms with van der Waals surface area (Å²) in [5.41, 5.74) is -0.779. The molecule has 0 amide bonds. The fourth-order valence-corrected chi connectivity index (χ4v) is 2.10. The Kier molecular flexibility index (Phi) is 2.79. The van der Waals surface area contributed by atoms with Crippen LogP contribution in [0.2, 0.25) is 0 Å². The average Bonchev–Trinajstić information content (AvgIpc) is 2.24. The highest BCUT2D eigenvalue weighted by Crippen LogP contribution is 2.35. The lowest BCUT2D eigenvalue weighted by Crippen LogP contribution is -2.46. The standard InChI is InChI=1S/C11H18O3/c1-9-8-13-7-5-11(9,12)10-4-2-3-6-14-10/h4,9,12H,2-3,5-8H2,1H3. The minimum absolute atomic E-state index is 0.126. The van der Waals surface area contributed by atoms with Crippen molar-refractivity contribution in [2.24, 2.45) is 5.92 Å². The molecule has 0 aliphatic carbocycles. The lowest BCUT2D eigenvalue weighted by Gasteiger charge is -2.40. The summed E-state index contributed by atoms with van der Waals surface area (Å²) in [6, 6.07) is 0. The molecule has 2 rings (SSSR count). The summed E-state index contributed by atoms with van der Waals surface area (Å²) in [5, 5.41) is 10.5. The van der Waals surface area contributed by atoms with Gasteiger partial charge < -0.3 is 14.6 Å². The van der Waals surface area contributed by atoms with E-state index in [2.05, 4.69) is 0 Å². The zero-order valence-electron chi connectivity index (χ0n) is 8.66. The molecule has 3 nitrogen and oxygen atoms in total. The second kappa shape index (κ2) is 3.91. The van der Waals surface area contributed by atoms with E-state index in [-0.39, 0.29) is 5.92 Å². The number of ether oxygens (including phenoxy) is 2. The predicted molar refractivity (Wildman–Crippen MR) is 52.8 cm³/mol. The molecule has 1 N–H and O–H groups in total. The Bertz CT molecular complexity index is 237. The lowest BCUT2D eigenvalue weighted by atomic mass is 9.82. The summed E-state index contributed by atoms with van der Waals surface area (Å²) in [6.07, 6.45) is 4.76. The van der Waals surface area contributed by atoms with Crippen molar-refractivity contribution in [2.45, 2.75) is 31.8 Å². The van der Waals surface area contributed by atoms with Crippen LogP contribution < -0.4 is 0 Å². The third kappa shape index (κ3) is 1.66. The fraction of sp³-hybridized carbons (Fsp3) is 0.818. The van der Waals surface area contributed by atoms with Gasteiger partial charge >= 0.3 is 0 Å². The molecule has 2 aliphatic rings. The number of rotatable bonds is 1. The van der Waals surface area contributed by atoms with Gasteiger partial charge in [-0.3, -0.25) is 0 Å². The Balaban J connectivity index is 2.15. The Morgan fingerprint density at radius 3 is 3.00 bits per heavy atom. The molecule has 1 fully saturated rings. The molecule has 0 aromatic carbocycles. The minimum atomic E-state index is -0.779. The van der Waals surface area contributed by atoms with Gasteiger partial charge in [0, 0.05) is 18.9 Å². The Labute approximate surface area is 84.7 Å². The minimum Gasteiger partial charge on any atom is -0.495 e. The van der Waals surface area contributed by atoms with Crippen molar-refractivity contribution in [2.75, 3.05) is 19.8 Å². The highest BCUT2D eigenvalue weighted by molar-refractivity contribution is 5.14. The molecule has 0 aromatic heterocycles. The third-order valence-corrected chi connectivity index (χ3v) is 3.17. The first-order valence-electron chi connectivity index (χ1n) is 5.37. The molecule has 1 saturated heterocycles.